The molecule has 0 aliphatic carbocycles. The van der Waals surface area contributed by atoms with Crippen LogP contribution in [0.25, 0.3) is 0 Å². The largest absolute Gasteiger partial charge is 0.304 e. The first-order chi connectivity index (χ1) is 15.7. The van der Waals surface area contributed by atoms with Gasteiger partial charge >= 0.3 is 0 Å². The number of carbonyl (C=O) groups excluding carboxylic acids is 2. The van der Waals surface area contributed by atoms with E-state index in [9.17, 15) is 26.8 Å². The molecule has 168 valence electrons. The summed E-state index contributed by atoms with van der Waals surface area (Å²) in [4.78, 5) is 26.6. The van der Waals surface area contributed by atoms with Gasteiger partial charge in [0, 0.05) is 17.3 Å². The highest BCUT2D eigenvalue weighted by Crippen LogP contribution is 2.52. The fraction of sp³-hybridized carbons (Fsp3) is 0.167. The van der Waals surface area contributed by atoms with Crippen LogP contribution in [0.1, 0.15) is 16.7 Å². The van der Waals surface area contributed by atoms with Gasteiger partial charge in [0.1, 0.15) is 5.75 Å². The van der Waals surface area contributed by atoms with E-state index in [0.717, 1.165) is 34.2 Å². The third kappa shape index (κ3) is 2.92. The molecule has 0 unspecified atom stereocenters. The summed E-state index contributed by atoms with van der Waals surface area (Å²) in [5, 5.41) is 0. The summed E-state index contributed by atoms with van der Waals surface area (Å²) in [6, 6.07) is 16.4. The van der Waals surface area contributed by atoms with Crippen LogP contribution in [0.3, 0.4) is 0 Å². The van der Waals surface area contributed by atoms with Crippen molar-refractivity contribution in [3.05, 3.63) is 95.1 Å². The van der Waals surface area contributed by atoms with Crippen molar-refractivity contribution in [2.45, 2.75) is 18.3 Å². The predicted molar refractivity (Wildman–Crippen MR) is 118 cm³/mol. The Morgan fingerprint density at radius 1 is 0.939 bits per heavy atom. The van der Waals surface area contributed by atoms with Crippen molar-refractivity contribution in [1.29, 1.82) is 0 Å². The fourth-order valence-corrected chi connectivity index (χ4v) is 6.58. The number of hydrogen-bond donors (Lipinski definition) is 0. The highest BCUT2D eigenvalue weighted by Gasteiger charge is 2.69. The van der Waals surface area contributed by atoms with Gasteiger partial charge in [-0.15, -0.1) is 0 Å². The lowest BCUT2D eigenvalue weighted by atomic mass is 10.0. The number of rotatable bonds is 3. The molecule has 0 N–H and O–H groups in total. The van der Waals surface area contributed by atoms with Crippen LogP contribution in [-0.2, 0) is 30.8 Å². The van der Waals surface area contributed by atoms with Crippen LogP contribution in [0, 0.1) is 18.6 Å². The maximum Gasteiger partial charge on any atom is 0.274 e. The lowest BCUT2D eigenvalue weighted by Crippen LogP contribution is -2.54. The number of carbonyl (C=O) groups is 2. The van der Waals surface area contributed by atoms with Crippen LogP contribution in [-0.4, -0.2) is 26.0 Å². The van der Waals surface area contributed by atoms with Crippen LogP contribution in [0.5, 0.6) is 0 Å². The minimum Gasteiger partial charge on any atom is -0.304 e. The van der Waals surface area contributed by atoms with Gasteiger partial charge in [-0.1, -0.05) is 48.0 Å². The molecular weight excluding hydrogens is 450 g/mol. The molecule has 1 saturated heterocycles. The van der Waals surface area contributed by atoms with Crippen molar-refractivity contribution >= 4 is 33.0 Å². The van der Waals surface area contributed by atoms with Gasteiger partial charge < -0.3 is 4.90 Å². The number of amides is 2. The van der Waals surface area contributed by atoms with Crippen LogP contribution >= 0.6 is 0 Å². The van der Waals surface area contributed by atoms with Crippen molar-refractivity contribution in [3.8, 4) is 0 Å². The topological polar surface area (TPSA) is 74.8 Å². The molecule has 2 aliphatic heterocycles. The molecule has 2 heterocycles. The Morgan fingerprint density at radius 2 is 1.64 bits per heavy atom. The minimum absolute atomic E-state index is 0.0766. The Kier molecular flexibility index (Phi) is 4.65. The zero-order valence-corrected chi connectivity index (χ0v) is 18.3. The van der Waals surface area contributed by atoms with Crippen molar-refractivity contribution in [1.82, 2.24) is 0 Å². The fourth-order valence-electron chi connectivity index (χ4n) is 4.55. The summed E-state index contributed by atoms with van der Waals surface area (Å²) in [5.74, 6) is -5.05. The Labute approximate surface area is 189 Å². The minimum atomic E-state index is -4.38. The van der Waals surface area contributed by atoms with Crippen molar-refractivity contribution in [2.24, 2.45) is 0 Å². The zero-order chi connectivity index (χ0) is 23.5. The second-order valence-electron chi connectivity index (χ2n) is 8.12. The number of fused-ring (bicyclic) bond motifs is 2. The molecule has 2 amide bonds. The number of para-hydroxylation sites is 1. The van der Waals surface area contributed by atoms with E-state index in [1.54, 1.807) is 18.2 Å². The lowest BCUT2D eigenvalue weighted by Gasteiger charge is -2.32. The summed E-state index contributed by atoms with van der Waals surface area (Å²) < 4.78 is 54.6. The van der Waals surface area contributed by atoms with Crippen LogP contribution in [0.4, 0.5) is 20.2 Å². The molecule has 0 aromatic heterocycles. The summed E-state index contributed by atoms with van der Waals surface area (Å²) in [6.45, 7) is 2.00. The van der Waals surface area contributed by atoms with Gasteiger partial charge in [-0.2, -0.15) is 0 Å². The van der Waals surface area contributed by atoms with Gasteiger partial charge in [-0.3, -0.25) is 14.5 Å². The third-order valence-corrected chi connectivity index (χ3v) is 8.15. The number of aryl methyl sites for hydroxylation is 1. The Balaban J connectivity index is 1.73. The highest BCUT2D eigenvalue weighted by molar-refractivity contribution is 7.94. The van der Waals surface area contributed by atoms with Gasteiger partial charge in [0.15, 0.2) is 21.5 Å². The van der Waals surface area contributed by atoms with Crippen LogP contribution in [0.15, 0.2) is 66.7 Å². The number of hydrogen-bond acceptors (Lipinski definition) is 4. The van der Waals surface area contributed by atoms with Gasteiger partial charge in [-0.05, 0) is 30.7 Å². The molecule has 5 rings (SSSR count). The lowest BCUT2D eigenvalue weighted by molar-refractivity contribution is -0.123. The average Bonchev–Trinajstić information content (AvgIpc) is 3.14. The normalized spacial score (nSPS) is 21.2. The van der Waals surface area contributed by atoms with E-state index in [2.05, 4.69) is 0 Å². The van der Waals surface area contributed by atoms with Crippen molar-refractivity contribution < 1.29 is 26.8 Å². The summed E-state index contributed by atoms with van der Waals surface area (Å²) in [6.07, 6.45) is 0. The Morgan fingerprint density at radius 3 is 2.33 bits per heavy atom. The summed E-state index contributed by atoms with van der Waals surface area (Å²) in [5.41, 5.74) is 2.03. The molecule has 0 bridgehead atoms. The first kappa shape index (κ1) is 21.3. The number of nitrogens with zero attached hydrogens (tertiary/aromatic N) is 2. The van der Waals surface area contributed by atoms with Crippen molar-refractivity contribution in [3.63, 3.8) is 0 Å². The molecule has 0 saturated carbocycles. The van der Waals surface area contributed by atoms with E-state index in [1.165, 1.54) is 11.0 Å². The molecule has 1 fully saturated rings. The standard InChI is InChI=1S/C24H18F2N2O4S/c1-15-6-8-16(9-7-15)13-27-21-5-3-2-4-18(21)24(23(27)30)28(22(29)14-33(24,31)32)17-10-11-19(25)20(26)12-17/h2-12H,13-14H2,1H3/t24-/m0/s1. The van der Waals surface area contributed by atoms with E-state index in [1.807, 2.05) is 31.2 Å². The second-order valence-corrected chi connectivity index (χ2v) is 10.2. The van der Waals surface area contributed by atoms with Crippen LogP contribution < -0.4 is 9.80 Å². The third-order valence-electron chi connectivity index (χ3n) is 6.05. The van der Waals surface area contributed by atoms with Crippen molar-refractivity contribution in [2.75, 3.05) is 15.6 Å². The molecule has 9 heteroatoms. The number of sulfone groups is 1. The van der Waals surface area contributed by atoms with Gasteiger partial charge in [0.25, 0.3) is 10.8 Å². The van der Waals surface area contributed by atoms with E-state index < -0.39 is 43.9 Å². The molecule has 33 heavy (non-hydrogen) atoms. The van der Waals surface area contributed by atoms with Gasteiger partial charge in [-0.25, -0.2) is 17.2 Å². The van der Waals surface area contributed by atoms with E-state index >= 15 is 0 Å². The van der Waals surface area contributed by atoms with Crippen LogP contribution in [0.2, 0.25) is 0 Å². The summed E-state index contributed by atoms with van der Waals surface area (Å²) in [7, 11) is -4.38. The van der Waals surface area contributed by atoms with Gasteiger partial charge in [0.2, 0.25) is 5.91 Å². The Bertz CT molecular complexity index is 1420. The maximum absolute atomic E-state index is 14.1. The quantitative estimate of drug-likeness (QED) is 0.590. The first-order valence-electron chi connectivity index (χ1n) is 10.1. The molecule has 1 atom stereocenters. The monoisotopic (exact) mass is 468 g/mol. The van der Waals surface area contributed by atoms with Gasteiger partial charge in [0.05, 0.1) is 12.2 Å². The second kappa shape index (κ2) is 7.21. The average molecular weight is 468 g/mol. The molecule has 1 spiro atoms. The predicted octanol–water partition coefficient (Wildman–Crippen LogP) is 3.43. The number of halogens is 2. The molecule has 6 nitrogen and oxygen atoms in total. The maximum atomic E-state index is 14.1. The number of anilines is 2. The zero-order valence-electron chi connectivity index (χ0n) is 17.5. The molecule has 3 aromatic rings. The molecular formula is C24H18F2N2O4S. The van der Waals surface area contributed by atoms with E-state index in [-0.39, 0.29) is 17.8 Å². The molecule has 2 aliphatic rings. The smallest absolute Gasteiger partial charge is 0.274 e. The molecule has 0 radical (unpaired) electrons. The number of benzene rings is 3. The SMILES string of the molecule is Cc1ccc(CN2C(=O)[C@@]3(c4ccccc42)N(c2ccc(F)c(F)c2)C(=O)CS3(=O)=O)cc1. The highest BCUT2D eigenvalue weighted by atomic mass is 32.2. The van der Waals surface area contributed by atoms with E-state index in [0.29, 0.717) is 5.69 Å². The Hall–Kier alpha value is -3.59. The van der Waals surface area contributed by atoms with E-state index in [4.69, 9.17) is 0 Å². The molecule has 3 aromatic carbocycles. The summed E-state index contributed by atoms with van der Waals surface area (Å²) >= 11 is 0. The first-order valence-corrected chi connectivity index (χ1v) is 11.8.